The minimum absolute atomic E-state index is 0.0630. The third-order valence-electron chi connectivity index (χ3n) is 3.41. The Kier molecular flexibility index (Phi) is 5.11. The number of anilines is 2. The molecule has 5 heteroatoms. The van der Waals surface area contributed by atoms with Gasteiger partial charge in [-0.25, -0.2) is 4.39 Å². The lowest BCUT2D eigenvalue weighted by Crippen LogP contribution is -2.22. The second-order valence-electron chi connectivity index (χ2n) is 5.53. The van der Waals surface area contributed by atoms with E-state index in [0.29, 0.717) is 5.69 Å². The smallest absolute Gasteiger partial charge is 0.233 e. The zero-order valence-electron chi connectivity index (χ0n) is 13.4. The van der Waals surface area contributed by atoms with Gasteiger partial charge in [-0.15, -0.1) is 0 Å². The van der Waals surface area contributed by atoms with Crippen LogP contribution in [0, 0.1) is 26.6 Å². The SMILES string of the molecule is Cc1cc(C)c(NC(=O)CC(=O)Nc2ccccc2F)c(C)c1. The Labute approximate surface area is 134 Å². The number of rotatable bonds is 4. The highest BCUT2D eigenvalue weighted by atomic mass is 19.1. The van der Waals surface area contributed by atoms with Crippen molar-refractivity contribution in [2.45, 2.75) is 27.2 Å². The van der Waals surface area contributed by atoms with Crippen molar-refractivity contribution in [1.29, 1.82) is 0 Å². The van der Waals surface area contributed by atoms with Crippen molar-refractivity contribution in [3.05, 3.63) is 58.9 Å². The molecule has 0 saturated carbocycles. The van der Waals surface area contributed by atoms with Gasteiger partial charge < -0.3 is 10.6 Å². The zero-order chi connectivity index (χ0) is 17.0. The number of benzene rings is 2. The molecule has 2 aromatic rings. The van der Waals surface area contributed by atoms with E-state index in [1.54, 1.807) is 6.07 Å². The summed E-state index contributed by atoms with van der Waals surface area (Å²) in [5.74, 6) is -1.53. The summed E-state index contributed by atoms with van der Waals surface area (Å²) in [4.78, 5) is 23.9. The third kappa shape index (κ3) is 4.39. The van der Waals surface area contributed by atoms with Crippen LogP contribution in [0.3, 0.4) is 0 Å². The van der Waals surface area contributed by atoms with Gasteiger partial charge in [0.25, 0.3) is 0 Å². The maximum Gasteiger partial charge on any atom is 0.233 e. The van der Waals surface area contributed by atoms with Gasteiger partial charge >= 0.3 is 0 Å². The second-order valence-corrected chi connectivity index (χ2v) is 5.53. The van der Waals surface area contributed by atoms with Crippen molar-refractivity contribution >= 4 is 23.2 Å². The van der Waals surface area contributed by atoms with Gasteiger partial charge in [-0.3, -0.25) is 9.59 Å². The summed E-state index contributed by atoms with van der Waals surface area (Å²) in [7, 11) is 0. The Balaban J connectivity index is 2.00. The normalized spacial score (nSPS) is 10.3. The van der Waals surface area contributed by atoms with Crippen LogP contribution in [0.25, 0.3) is 0 Å². The largest absolute Gasteiger partial charge is 0.325 e. The highest BCUT2D eigenvalue weighted by Crippen LogP contribution is 2.22. The number of amides is 2. The molecular formula is C18H19FN2O2. The molecule has 0 heterocycles. The average Bonchev–Trinajstić information content (AvgIpc) is 2.45. The van der Waals surface area contributed by atoms with E-state index in [-0.39, 0.29) is 12.1 Å². The maximum atomic E-state index is 13.5. The van der Waals surface area contributed by atoms with Gasteiger partial charge in [-0.05, 0) is 44.0 Å². The molecule has 0 radical (unpaired) electrons. The molecule has 0 fully saturated rings. The Bertz CT molecular complexity index is 733. The number of carbonyl (C=O) groups is 2. The molecule has 0 unspecified atom stereocenters. The van der Waals surface area contributed by atoms with Crippen LogP contribution in [0.4, 0.5) is 15.8 Å². The highest BCUT2D eigenvalue weighted by molar-refractivity contribution is 6.08. The van der Waals surface area contributed by atoms with Crippen LogP contribution in [0.2, 0.25) is 0 Å². The van der Waals surface area contributed by atoms with Gasteiger partial charge in [0, 0.05) is 5.69 Å². The second kappa shape index (κ2) is 7.05. The van der Waals surface area contributed by atoms with Gasteiger partial charge in [0.05, 0.1) is 5.69 Å². The van der Waals surface area contributed by atoms with Gasteiger partial charge in [-0.2, -0.15) is 0 Å². The summed E-state index contributed by atoms with van der Waals surface area (Å²) in [6, 6.07) is 9.75. The van der Waals surface area contributed by atoms with Crippen LogP contribution in [0.15, 0.2) is 36.4 Å². The molecule has 2 amide bonds. The molecule has 0 atom stereocenters. The van der Waals surface area contributed by atoms with Crippen molar-refractivity contribution in [2.24, 2.45) is 0 Å². The fourth-order valence-electron chi connectivity index (χ4n) is 2.46. The standard InChI is InChI=1S/C18H19FN2O2/c1-11-8-12(2)18(13(3)9-11)21-17(23)10-16(22)20-15-7-5-4-6-14(15)19/h4-9H,10H2,1-3H3,(H,20,22)(H,21,23). The molecule has 0 aliphatic heterocycles. The average molecular weight is 314 g/mol. The number of hydrogen-bond acceptors (Lipinski definition) is 2. The number of para-hydroxylation sites is 1. The molecule has 0 aliphatic rings. The Morgan fingerprint density at radius 3 is 2.13 bits per heavy atom. The molecule has 120 valence electrons. The Hall–Kier alpha value is -2.69. The molecule has 2 aromatic carbocycles. The van der Waals surface area contributed by atoms with E-state index in [2.05, 4.69) is 10.6 Å². The predicted octanol–water partition coefficient (Wildman–Crippen LogP) is 3.72. The Morgan fingerprint density at radius 2 is 1.52 bits per heavy atom. The van der Waals surface area contributed by atoms with Gasteiger partial charge in [0.1, 0.15) is 12.2 Å². The summed E-state index contributed by atoms with van der Waals surface area (Å²) < 4.78 is 13.5. The molecule has 0 saturated heterocycles. The van der Waals surface area contributed by atoms with Crippen LogP contribution in [-0.2, 0) is 9.59 Å². The first kappa shape index (κ1) is 16.7. The molecule has 0 bridgehead atoms. The van der Waals surface area contributed by atoms with Crippen molar-refractivity contribution in [3.63, 3.8) is 0 Å². The molecule has 0 aliphatic carbocycles. The summed E-state index contributed by atoms with van der Waals surface area (Å²) in [5.41, 5.74) is 3.75. The quantitative estimate of drug-likeness (QED) is 0.845. The minimum Gasteiger partial charge on any atom is -0.325 e. The molecule has 2 rings (SSSR count). The molecule has 23 heavy (non-hydrogen) atoms. The van der Waals surface area contributed by atoms with Crippen LogP contribution in [-0.4, -0.2) is 11.8 Å². The third-order valence-corrected chi connectivity index (χ3v) is 3.41. The van der Waals surface area contributed by atoms with E-state index in [1.807, 2.05) is 32.9 Å². The van der Waals surface area contributed by atoms with Crippen LogP contribution < -0.4 is 10.6 Å². The molecular weight excluding hydrogens is 295 g/mol. The number of carbonyl (C=O) groups excluding carboxylic acids is 2. The minimum atomic E-state index is -0.560. The highest BCUT2D eigenvalue weighted by Gasteiger charge is 2.13. The summed E-state index contributed by atoms with van der Waals surface area (Å²) in [6.45, 7) is 5.78. The van der Waals surface area contributed by atoms with E-state index in [1.165, 1.54) is 18.2 Å². The maximum absolute atomic E-state index is 13.5. The van der Waals surface area contributed by atoms with Crippen LogP contribution >= 0.6 is 0 Å². The van der Waals surface area contributed by atoms with Crippen molar-refractivity contribution in [3.8, 4) is 0 Å². The van der Waals surface area contributed by atoms with Gasteiger partial charge in [0.15, 0.2) is 0 Å². The first-order valence-corrected chi connectivity index (χ1v) is 7.29. The zero-order valence-corrected chi connectivity index (χ0v) is 13.4. The van der Waals surface area contributed by atoms with E-state index < -0.39 is 17.6 Å². The van der Waals surface area contributed by atoms with Crippen LogP contribution in [0.5, 0.6) is 0 Å². The summed E-state index contributed by atoms with van der Waals surface area (Å²) in [6.07, 6.45) is -0.374. The molecule has 4 nitrogen and oxygen atoms in total. The topological polar surface area (TPSA) is 58.2 Å². The van der Waals surface area contributed by atoms with E-state index in [9.17, 15) is 14.0 Å². The molecule has 2 N–H and O–H groups in total. The Morgan fingerprint density at radius 1 is 0.957 bits per heavy atom. The lowest BCUT2D eigenvalue weighted by molar-refractivity contribution is -0.123. The number of nitrogens with one attached hydrogen (secondary N) is 2. The van der Waals surface area contributed by atoms with E-state index in [0.717, 1.165) is 16.7 Å². The van der Waals surface area contributed by atoms with Gasteiger partial charge in [0.2, 0.25) is 11.8 Å². The van der Waals surface area contributed by atoms with Gasteiger partial charge in [-0.1, -0.05) is 29.8 Å². The summed E-state index contributed by atoms with van der Waals surface area (Å²) >= 11 is 0. The monoisotopic (exact) mass is 314 g/mol. The van der Waals surface area contributed by atoms with E-state index in [4.69, 9.17) is 0 Å². The first-order chi connectivity index (χ1) is 10.9. The van der Waals surface area contributed by atoms with Crippen molar-refractivity contribution < 1.29 is 14.0 Å². The van der Waals surface area contributed by atoms with Crippen molar-refractivity contribution in [2.75, 3.05) is 10.6 Å². The fraction of sp³-hybridized carbons (Fsp3) is 0.222. The lowest BCUT2D eigenvalue weighted by atomic mass is 10.0. The van der Waals surface area contributed by atoms with Crippen molar-refractivity contribution in [1.82, 2.24) is 0 Å². The number of hydrogen-bond donors (Lipinski definition) is 2. The van der Waals surface area contributed by atoms with Crippen LogP contribution in [0.1, 0.15) is 23.1 Å². The summed E-state index contributed by atoms with van der Waals surface area (Å²) in [5, 5.41) is 5.13. The fourth-order valence-corrected chi connectivity index (χ4v) is 2.46. The number of aryl methyl sites for hydroxylation is 3. The molecule has 0 spiro atoms. The molecule has 0 aromatic heterocycles. The lowest BCUT2D eigenvalue weighted by Gasteiger charge is -2.13. The predicted molar refractivity (Wildman–Crippen MR) is 88.9 cm³/mol. The first-order valence-electron chi connectivity index (χ1n) is 7.29. The van der Waals surface area contributed by atoms with E-state index >= 15 is 0 Å². The number of halogens is 1.